The first-order chi connectivity index (χ1) is 9.20. The zero-order chi connectivity index (χ0) is 15.1. The molecule has 0 spiro atoms. The maximum absolute atomic E-state index is 13.3. The largest absolute Gasteiger partial charge is 0.300 e. The molecule has 0 aliphatic heterocycles. The number of non-ortho nitro benzene ring substituents is 1. The van der Waals surface area contributed by atoms with E-state index < -0.39 is 30.6 Å². The van der Waals surface area contributed by atoms with Gasteiger partial charge >= 0.3 is 0 Å². The highest BCUT2D eigenvalue weighted by molar-refractivity contribution is 8.13. The van der Waals surface area contributed by atoms with Gasteiger partial charge in [0, 0.05) is 29.4 Å². The molecule has 1 aromatic heterocycles. The van der Waals surface area contributed by atoms with Crippen LogP contribution < -0.4 is 0 Å². The highest BCUT2D eigenvalue weighted by Crippen LogP contribution is 2.25. The molecule has 0 unspecified atom stereocenters. The van der Waals surface area contributed by atoms with E-state index in [2.05, 4.69) is 10.2 Å². The third-order valence-electron chi connectivity index (χ3n) is 2.40. The van der Waals surface area contributed by atoms with E-state index in [1.54, 1.807) is 0 Å². The second-order valence-corrected chi connectivity index (χ2v) is 6.22. The molecule has 0 aliphatic rings. The van der Waals surface area contributed by atoms with Crippen LogP contribution >= 0.6 is 10.7 Å². The van der Waals surface area contributed by atoms with Gasteiger partial charge in [0.1, 0.15) is 5.82 Å². The topological polar surface area (TPSA) is 108 Å². The second kappa shape index (κ2) is 4.80. The molecule has 0 saturated heterocycles. The predicted octanol–water partition coefficient (Wildman–Crippen LogP) is 1.46. The van der Waals surface area contributed by atoms with Crippen molar-refractivity contribution in [2.75, 3.05) is 0 Å². The lowest BCUT2D eigenvalue weighted by Crippen LogP contribution is -2.03. The lowest BCUT2D eigenvalue weighted by atomic mass is 10.2. The van der Waals surface area contributed by atoms with Crippen molar-refractivity contribution < 1.29 is 17.7 Å². The SMILES string of the molecule is Cn1c(-c2cc(F)cc([N+](=O)[O-])c2)nnc1S(=O)(=O)Cl. The normalized spacial score (nSPS) is 11.6. The van der Waals surface area contributed by atoms with E-state index in [1.165, 1.54) is 7.05 Å². The zero-order valence-electron chi connectivity index (χ0n) is 9.82. The van der Waals surface area contributed by atoms with E-state index in [1.807, 2.05) is 0 Å². The number of hydrogen-bond donors (Lipinski definition) is 0. The van der Waals surface area contributed by atoms with E-state index in [4.69, 9.17) is 10.7 Å². The highest BCUT2D eigenvalue weighted by atomic mass is 35.7. The first kappa shape index (κ1) is 14.3. The molecule has 1 aromatic carbocycles. The van der Waals surface area contributed by atoms with Crippen molar-refractivity contribution >= 4 is 25.4 Å². The lowest BCUT2D eigenvalue weighted by molar-refractivity contribution is -0.385. The average Bonchev–Trinajstić information content (AvgIpc) is 2.69. The van der Waals surface area contributed by atoms with Crippen LogP contribution in [0.25, 0.3) is 11.4 Å². The van der Waals surface area contributed by atoms with E-state index >= 15 is 0 Å². The molecule has 106 valence electrons. The third kappa shape index (κ3) is 2.60. The Morgan fingerprint density at radius 3 is 2.50 bits per heavy atom. The Bertz CT molecular complexity index is 804. The Kier molecular flexibility index (Phi) is 3.44. The van der Waals surface area contributed by atoms with Crippen LogP contribution in [-0.4, -0.2) is 28.1 Å². The summed E-state index contributed by atoms with van der Waals surface area (Å²) in [5.41, 5.74) is -0.475. The molecule has 8 nitrogen and oxygen atoms in total. The fourth-order valence-corrected chi connectivity index (χ4v) is 2.54. The molecule has 11 heteroatoms. The van der Waals surface area contributed by atoms with Gasteiger partial charge in [-0.15, -0.1) is 10.2 Å². The number of nitrogens with zero attached hydrogens (tertiary/aromatic N) is 4. The fourth-order valence-electron chi connectivity index (χ4n) is 1.59. The maximum atomic E-state index is 13.3. The molecular formula is C9H6ClFN4O4S. The summed E-state index contributed by atoms with van der Waals surface area (Å²) in [5, 5.41) is 17.0. The maximum Gasteiger partial charge on any atom is 0.296 e. The molecule has 20 heavy (non-hydrogen) atoms. The number of hydrogen-bond acceptors (Lipinski definition) is 6. The summed E-state index contributed by atoms with van der Waals surface area (Å²) in [5.74, 6) is -0.917. The molecule has 2 aromatic rings. The molecule has 0 amide bonds. The molecule has 0 saturated carbocycles. The standard InChI is InChI=1S/C9H6ClFN4O4S/c1-14-8(12-13-9(14)20(10,18)19)5-2-6(11)4-7(3-5)15(16)17/h2-4H,1H3. The number of benzene rings is 1. The summed E-state index contributed by atoms with van der Waals surface area (Å²) < 4.78 is 36.7. The van der Waals surface area contributed by atoms with Gasteiger partial charge in [-0.05, 0) is 6.07 Å². The van der Waals surface area contributed by atoms with Gasteiger partial charge in [0.15, 0.2) is 5.82 Å². The quantitative estimate of drug-likeness (QED) is 0.481. The first-order valence-corrected chi connectivity index (χ1v) is 7.30. The Morgan fingerprint density at radius 2 is 2.00 bits per heavy atom. The van der Waals surface area contributed by atoms with Gasteiger partial charge in [0.2, 0.25) is 0 Å². The number of nitro benzene ring substituents is 1. The van der Waals surface area contributed by atoms with Gasteiger partial charge in [-0.3, -0.25) is 14.7 Å². The molecule has 1 heterocycles. The Labute approximate surface area is 116 Å². The summed E-state index contributed by atoms with van der Waals surface area (Å²) in [7, 11) is 2.31. The summed E-state index contributed by atoms with van der Waals surface area (Å²) in [6.07, 6.45) is 0. The van der Waals surface area contributed by atoms with Crippen molar-refractivity contribution in [2.45, 2.75) is 5.16 Å². The number of rotatable bonds is 3. The minimum atomic E-state index is -4.12. The number of aromatic nitrogens is 3. The van der Waals surface area contributed by atoms with Crippen LogP contribution in [0.2, 0.25) is 0 Å². The van der Waals surface area contributed by atoms with Crippen molar-refractivity contribution in [1.82, 2.24) is 14.8 Å². The van der Waals surface area contributed by atoms with Crippen LogP contribution in [0.15, 0.2) is 23.4 Å². The lowest BCUT2D eigenvalue weighted by Gasteiger charge is -2.02. The van der Waals surface area contributed by atoms with Crippen molar-refractivity contribution in [3.8, 4) is 11.4 Å². The Morgan fingerprint density at radius 1 is 1.35 bits per heavy atom. The van der Waals surface area contributed by atoms with Gasteiger partial charge in [-0.1, -0.05) is 0 Å². The Balaban J connectivity index is 2.64. The molecule has 0 fully saturated rings. The number of halogens is 2. The molecular weight excluding hydrogens is 315 g/mol. The minimum absolute atomic E-state index is 0.0123. The molecule has 0 bridgehead atoms. The van der Waals surface area contributed by atoms with Crippen LogP contribution in [0, 0.1) is 15.9 Å². The smallest absolute Gasteiger partial charge is 0.296 e. The predicted molar refractivity (Wildman–Crippen MR) is 66.1 cm³/mol. The van der Waals surface area contributed by atoms with Crippen LogP contribution in [0.4, 0.5) is 10.1 Å². The van der Waals surface area contributed by atoms with Gasteiger partial charge in [-0.2, -0.15) is 0 Å². The fraction of sp³-hybridized carbons (Fsp3) is 0.111. The molecule has 0 radical (unpaired) electrons. The Hall–Kier alpha value is -2.07. The van der Waals surface area contributed by atoms with E-state index in [9.17, 15) is 22.9 Å². The summed E-state index contributed by atoms with van der Waals surface area (Å²) in [6, 6.07) is 2.76. The van der Waals surface area contributed by atoms with Crippen LogP contribution in [0.1, 0.15) is 0 Å². The second-order valence-electron chi connectivity index (χ2n) is 3.76. The van der Waals surface area contributed by atoms with E-state index in [-0.39, 0.29) is 11.4 Å². The van der Waals surface area contributed by atoms with Crippen LogP contribution in [0.3, 0.4) is 0 Å². The molecule has 0 atom stereocenters. The number of nitro groups is 1. The third-order valence-corrected chi connectivity index (χ3v) is 3.61. The van der Waals surface area contributed by atoms with Crippen molar-refractivity contribution in [3.63, 3.8) is 0 Å². The van der Waals surface area contributed by atoms with Crippen LogP contribution in [0.5, 0.6) is 0 Å². The first-order valence-electron chi connectivity index (χ1n) is 4.99. The molecule has 0 N–H and O–H groups in total. The van der Waals surface area contributed by atoms with Crippen molar-refractivity contribution in [1.29, 1.82) is 0 Å². The van der Waals surface area contributed by atoms with Gasteiger partial charge in [0.25, 0.3) is 19.9 Å². The van der Waals surface area contributed by atoms with Crippen molar-refractivity contribution in [3.05, 3.63) is 34.1 Å². The van der Waals surface area contributed by atoms with Crippen molar-refractivity contribution in [2.24, 2.45) is 7.05 Å². The van der Waals surface area contributed by atoms with E-state index in [0.717, 1.165) is 22.8 Å². The zero-order valence-corrected chi connectivity index (χ0v) is 11.4. The van der Waals surface area contributed by atoms with Crippen LogP contribution in [-0.2, 0) is 16.1 Å². The summed E-state index contributed by atoms with van der Waals surface area (Å²) in [6.45, 7) is 0. The summed E-state index contributed by atoms with van der Waals surface area (Å²) in [4.78, 5) is 9.89. The summed E-state index contributed by atoms with van der Waals surface area (Å²) >= 11 is 0. The van der Waals surface area contributed by atoms with Gasteiger partial charge in [0.05, 0.1) is 11.0 Å². The highest BCUT2D eigenvalue weighted by Gasteiger charge is 2.22. The average molecular weight is 321 g/mol. The van der Waals surface area contributed by atoms with Gasteiger partial charge in [-0.25, -0.2) is 12.8 Å². The van der Waals surface area contributed by atoms with E-state index in [0.29, 0.717) is 0 Å². The van der Waals surface area contributed by atoms with Gasteiger partial charge < -0.3 is 0 Å². The minimum Gasteiger partial charge on any atom is -0.300 e. The monoisotopic (exact) mass is 320 g/mol. The molecule has 0 aliphatic carbocycles. The molecule has 2 rings (SSSR count).